The maximum absolute atomic E-state index is 12.4. The maximum atomic E-state index is 12.4. The van der Waals surface area contributed by atoms with E-state index in [4.69, 9.17) is 28.3 Å². The van der Waals surface area contributed by atoms with Gasteiger partial charge >= 0.3 is 5.97 Å². The number of hydrogen-bond donors (Lipinski definition) is 1. The lowest BCUT2D eigenvalue weighted by Crippen LogP contribution is -2.06. The molecule has 6 heteroatoms. The molecule has 0 radical (unpaired) electrons. The Hall–Kier alpha value is -1.36. The Balaban J connectivity index is 2.27. The van der Waals surface area contributed by atoms with Crippen LogP contribution in [-0.4, -0.2) is 15.3 Å². The Morgan fingerprint density at radius 3 is 2.43 bits per heavy atom. The van der Waals surface area contributed by atoms with Gasteiger partial charge in [-0.2, -0.15) is 0 Å². The Morgan fingerprint density at radius 2 is 1.76 bits per heavy atom. The SMILES string of the molecule is O=C(O)Cc1ccccc1CS(=O)c1cc(Cl)ccc1Cl. The van der Waals surface area contributed by atoms with E-state index in [9.17, 15) is 9.00 Å². The zero-order valence-corrected chi connectivity index (χ0v) is 13.2. The summed E-state index contributed by atoms with van der Waals surface area (Å²) in [4.78, 5) is 11.3. The van der Waals surface area contributed by atoms with Crippen LogP contribution in [0, 0.1) is 0 Å². The monoisotopic (exact) mass is 342 g/mol. The number of rotatable bonds is 5. The normalized spacial score (nSPS) is 12.1. The highest BCUT2D eigenvalue weighted by molar-refractivity contribution is 7.84. The van der Waals surface area contributed by atoms with Gasteiger partial charge < -0.3 is 5.11 Å². The third-order valence-electron chi connectivity index (χ3n) is 2.89. The van der Waals surface area contributed by atoms with Gasteiger partial charge in [0.2, 0.25) is 0 Å². The molecule has 0 bridgehead atoms. The molecule has 2 aromatic carbocycles. The van der Waals surface area contributed by atoms with Crippen LogP contribution in [0.15, 0.2) is 47.4 Å². The van der Waals surface area contributed by atoms with Gasteiger partial charge in [-0.05, 0) is 29.3 Å². The van der Waals surface area contributed by atoms with Gasteiger partial charge in [-0.3, -0.25) is 9.00 Å². The fourth-order valence-electron chi connectivity index (χ4n) is 1.90. The van der Waals surface area contributed by atoms with Gasteiger partial charge in [-0.15, -0.1) is 0 Å². The molecule has 0 heterocycles. The van der Waals surface area contributed by atoms with Crippen molar-refractivity contribution in [2.24, 2.45) is 0 Å². The summed E-state index contributed by atoms with van der Waals surface area (Å²) in [7, 11) is -1.39. The van der Waals surface area contributed by atoms with Crippen molar-refractivity contribution in [3.8, 4) is 0 Å². The quantitative estimate of drug-likeness (QED) is 0.895. The highest BCUT2D eigenvalue weighted by atomic mass is 35.5. The van der Waals surface area contributed by atoms with Crippen molar-refractivity contribution >= 4 is 40.0 Å². The van der Waals surface area contributed by atoms with Crippen molar-refractivity contribution in [1.82, 2.24) is 0 Å². The predicted octanol–water partition coefficient (Wildman–Crippen LogP) is 3.93. The lowest BCUT2D eigenvalue weighted by molar-refractivity contribution is -0.136. The van der Waals surface area contributed by atoms with Crippen LogP contribution in [0.2, 0.25) is 10.0 Å². The zero-order valence-electron chi connectivity index (χ0n) is 10.9. The van der Waals surface area contributed by atoms with Gasteiger partial charge in [0, 0.05) is 5.02 Å². The summed E-state index contributed by atoms with van der Waals surface area (Å²) >= 11 is 11.9. The van der Waals surface area contributed by atoms with Gasteiger partial charge in [0.25, 0.3) is 0 Å². The summed E-state index contributed by atoms with van der Waals surface area (Å²) in [5.74, 6) is -0.724. The summed E-state index contributed by atoms with van der Waals surface area (Å²) in [5.41, 5.74) is 1.38. The number of hydrogen-bond acceptors (Lipinski definition) is 2. The smallest absolute Gasteiger partial charge is 0.307 e. The van der Waals surface area contributed by atoms with Gasteiger partial charge in [-0.25, -0.2) is 0 Å². The molecule has 0 aliphatic carbocycles. The van der Waals surface area contributed by atoms with Crippen LogP contribution < -0.4 is 0 Å². The van der Waals surface area contributed by atoms with Crippen LogP contribution in [0.3, 0.4) is 0 Å². The number of halogens is 2. The van der Waals surface area contributed by atoms with Crippen molar-refractivity contribution < 1.29 is 14.1 Å². The first kappa shape index (κ1) is 16.0. The molecular weight excluding hydrogens is 331 g/mol. The minimum absolute atomic E-state index is 0.101. The van der Waals surface area contributed by atoms with Crippen LogP contribution in [0.4, 0.5) is 0 Å². The molecule has 0 aliphatic heterocycles. The van der Waals surface area contributed by atoms with Crippen LogP contribution >= 0.6 is 23.2 Å². The first-order chi connectivity index (χ1) is 9.97. The summed E-state index contributed by atoms with van der Waals surface area (Å²) in [5, 5.41) is 9.75. The molecule has 0 spiro atoms. The Morgan fingerprint density at radius 1 is 1.10 bits per heavy atom. The molecule has 1 atom stereocenters. The van der Waals surface area contributed by atoms with E-state index in [1.54, 1.807) is 42.5 Å². The van der Waals surface area contributed by atoms with Gasteiger partial charge in [0.1, 0.15) is 0 Å². The molecule has 21 heavy (non-hydrogen) atoms. The number of aliphatic carboxylic acids is 1. The van der Waals surface area contributed by atoms with Crippen molar-refractivity contribution in [3.63, 3.8) is 0 Å². The van der Waals surface area contributed by atoms with E-state index in [1.165, 1.54) is 0 Å². The van der Waals surface area contributed by atoms with E-state index in [-0.39, 0.29) is 12.2 Å². The third-order valence-corrected chi connectivity index (χ3v) is 4.96. The molecule has 2 aromatic rings. The molecule has 0 saturated carbocycles. The molecule has 0 aliphatic rings. The minimum atomic E-state index is -1.39. The molecule has 0 fully saturated rings. The van der Waals surface area contributed by atoms with Gasteiger partial charge in [-0.1, -0.05) is 47.5 Å². The Labute approximate surface area is 135 Å². The molecular formula is C15H12Cl2O3S. The van der Waals surface area contributed by atoms with E-state index >= 15 is 0 Å². The van der Waals surface area contributed by atoms with Gasteiger partial charge in [0.15, 0.2) is 0 Å². The topological polar surface area (TPSA) is 54.4 Å². The highest BCUT2D eigenvalue weighted by Gasteiger charge is 2.13. The molecule has 1 N–H and O–H groups in total. The summed E-state index contributed by atoms with van der Waals surface area (Å²) in [6.07, 6.45) is -0.101. The average Bonchev–Trinajstić information content (AvgIpc) is 2.43. The van der Waals surface area contributed by atoms with Crippen molar-refractivity contribution in [1.29, 1.82) is 0 Å². The second kappa shape index (κ2) is 7.07. The van der Waals surface area contributed by atoms with E-state index in [2.05, 4.69) is 0 Å². The molecule has 110 valence electrons. The maximum Gasteiger partial charge on any atom is 0.307 e. The molecule has 0 aromatic heterocycles. The number of carboxylic acid groups (broad SMARTS) is 1. The number of carbonyl (C=O) groups is 1. The largest absolute Gasteiger partial charge is 0.481 e. The highest BCUT2D eigenvalue weighted by Crippen LogP contribution is 2.26. The number of benzene rings is 2. The molecule has 2 rings (SSSR count). The van der Waals surface area contributed by atoms with Crippen molar-refractivity contribution in [2.75, 3.05) is 0 Å². The minimum Gasteiger partial charge on any atom is -0.481 e. The Kier molecular flexibility index (Phi) is 5.39. The first-order valence-corrected chi connectivity index (χ1v) is 8.17. The average molecular weight is 343 g/mol. The van der Waals surface area contributed by atoms with Crippen LogP contribution in [-0.2, 0) is 27.8 Å². The summed E-state index contributed by atoms with van der Waals surface area (Å²) in [6, 6.07) is 11.8. The van der Waals surface area contributed by atoms with E-state index in [0.717, 1.165) is 5.56 Å². The zero-order chi connectivity index (χ0) is 15.4. The number of carboxylic acids is 1. The van der Waals surface area contributed by atoms with Crippen LogP contribution in [0.5, 0.6) is 0 Å². The molecule has 0 saturated heterocycles. The van der Waals surface area contributed by atoms with Gasteiger partial charge in [0.05, 0.1) is 32.9 Å². The van der Waals surface area contributed by atoms with Crippen molar-refractivity contribution in [2.45, 2.75) is 17.1 Å². The fourth-order valence-corrected chi connectivity index (χ4v) is 3.78. The molecule has 3 nitrogen and oxygen atoms in total. The second-order valence-corrected chi connectivity index (χ2v) is 6.67. The predicted molar refractivity (Wildman–Crippen MR) is 84.4 cm³/mol. The molecule has 0 amide bonds. The molecule has 1 unspecified atom stereocenters. The second-order valence-electron chi connectivity index (χ2n) is 4.40. The third kappa shape index (κ3) is 4.30. The summed E-state index contributed by atoms with van der Waals surface area (Å²) < 4.78 is 12.4. The summed E-state index contributed by atoms with van der Waals surface area (Å²) in [6.45, 7) is 0. The lowest BCUT2D eigenvalue weighted by atomic mass is 10.1. The van der Waals surface area contributed by atoms with E-state index in [1.807, 2.05) is 0 Å². The van der Waals surface area contributed by atoms with Crippen molar-refractivity contribution in [3.05, 3.63) is 63.6 Å². The standard InChI is InChI=1S/C15H12Cl2O3S/c16-12-5-6-13(17)14(8-12)21(20)9-11-4-2-1-3-10(11)7-15(18)19/h1-6,8H,7,9H2,(H,18,19). The first-order valence-electron chi connectivity index (χ1n) is 6.09. The van der Waals surface area contributed by atoms with E-state index < -0.39 is 16.8 Å². The van der Waals surface area contributed by atoms with E-state index in [0.29, 0.717) is 20.5 Å². The fraction of sp³-hybridized carbons (Fsp3) is 0.133. The van der Waals surface area contributed by atoms with Crippen LogP contribution in [0.1, 0.15) is 11.1 Å². The Bertz CT molecular complexity index is 701. The lowest BCUT2D eigenvalue weighted by Gasteiger charge is -2.09. The van der Waals surface area contributed by atoms with Crippen LogP contribution in [0.25, 0.3) is 0 Å².